The van der Waals surface area contributed by atoms with Gasteiger partial charge in [-0.1, -0.05) is 0 Å². The molecular formula is C16H23FN2O. The highest BCUT2D eigenvalue weighted by atomic mass is 19.1. The van der Waals surface area contributed by atoms with Crippen molar-refractivity contribution in [2.75, 3.05) is 17.6 Å². The first-order valence-corrected chi connectivity index (χ1v) is 7.50. The van der Waals surface area contributed by atoms with Gasteiger partial charge < -0.3 is 15.8 Å². The molecule has 2 fully saturated rings. The quantitative estimate of drug-likeness (QED) is 0.778. The summed E-state index contributed by atoms with van der Waals surface area (Å²) in [7, 11) is 0. The average Bonchev–Trinajstić information content (AvgIpc) is 3.24. The van der Waals surface area contributed by atoms with E-state index in [1.165, 1.54) is 31.7 Å². The molecule has 0 spiro atoms. The highest BCUT2D eigenvalue weighted by molar-refractivity contribution is 5.68. The number of hydrogen-bond donors (Lipinski definition) is 2. The third kappa shape index (κ3) is 2.69. The van der Waals surface area contributed by atoms with Gasteiger partial charge in [0.25, 0.3) is 0 Å². The molecule has 0 heterocycles. The van der Waals surface area contributed by atoms with E-state index < -0.39 is 5.82 Å². The standard InChI is InChI=1S/C16H23FN2O/c1-10(2)20-15-8-14(13(18)7-12(15)17)19-9-16(5-6-16)11-3-4-11/h7-8,10-11,19H,3-6,9,18H2,1-2H3. The zero-order valence-electron chi connectivity index (χ0n) is 12.2. The molecule has 0 atom stereocenters. The first-order chi connectivity index (χ1) is 9.50. The minimum absolute atomic E-state index is 0.0535. The van der Waals surface area contributed by atoms with E-state index in [-0.39, 0.29) is 11.9 Å². The number of halogens is 1. The van der Waals surface area contributed by atoms with Gasteiger partial charge in [-0.2, -0.15) is 0 Å². The first-order valence-electron chi connectivity index (χ1n) is 7.50. The Labute approximate surface area is 119 Å². The number of nitrogens with two attached hydrogens (primary N) is 1. The molecule has 0 radical (unpaired) electrons. The number of ether oxygens (including phenoxy) is 1. The Hall–Kier alpha value is -1.45. The molecule has 0 aromatic heterocycles. The molecule has 2 saturated carbocycles. The van der Waals surface area contributed by atoms with E-state index >= 15 is 0 Å². The molecular weight excluding hydrogens is 255 g/mol. The van der Waals surface area contributed by atoms with Crippen LogP contribution in [0, 0.1) is 17.2 Å². The Morgan fingerprint density at radius 1 is 1.40 bits per heavy atom. The summed E-state index contributed by atoms with van der Waals surface area (Å²) in [6.45, 7) is 4.71. The number of anilines is 2. The number of hydrogen-bond acceptors (Lipinski definition) is 3. The number of rotatable bonds is 6. The number of nitrogens with one attached hydrogen (secondary N) is 1. The van der Waals surface area contributed by atoms with Crippen LogP contribution in [0.2, 0.25) is 0 Å². The number of nitrogen functional groups attached to an aromatic ring is 1. The van der Waals surface area contributed by atoms with Gasteiger partial charge in [-0.25, -0.2) is 4.39 Å². The molecule has 4 heteroatoms. The van der Waals surface area contributed by atoms with Crippen molar-refractivity contribution in [1.29, 1.82) is 0 Å². The van der Waals surface area contributed by atoms with Crippen molar-refractivity contribution in [1.82, 2.24) is 0 Å². The van der Waals surface area contributed by atoms with Gasteiger partial charge in [-0.05, 0) is 50.9 Å². The van der Waals surface area contributed by atoms with Crippen LogP contribution in [-0.4, -0.2) is 12.6 Å². The summed E-state index contributed by atoms with van der Waals surface area (Å²) in [5.41, 5.74) is 7.63. The maximum Gasteiger partial charge on any atom is 0.167 e. The minimum atomic E-state index is -0.398. The van der Waals surface area contributed by atoms with Gasteiger partial charge in [0.05, 0.1) is 17.5 Å². The summed E-state index contributed by atoms with van der Waals surface area (Å²) in [4.78, 5) is 0. The number of benzene rings is 1. The van der Waals surface area contributed by atoms with Gasteiger partial charge in [0.1, 0.15) is 0 Å². The first kappa shape index (κ1) is 13.5. The SMILES string of the molecule is CC(C)Oc1cc(NCC2(C3CC3)CC2)c(N)cc1F. The monoisotopic (exact) mass is 278 g/mol. The average molecular weight is 278 g/mol. The lowest BCUT2D eigenvalue weighted by molar-refractivity contribution is 0.231. The zero-order chi connectivity index (χ0) is 14.3. The highest BCUT2D eigenvalue weighted by Crippen LogP contribution is 2.61. The summed E-state index contributed by atoms with van der Waals surface area (Å²) in [6, 6.07) is 3.03. The third-order valence-electron chi connectivity index (χ3n) is 4.43. The van der Waals surface area contributed by atoms with E-state index in [4.69, 9.17) is 10.5 Å². The smallest absolute Gasteiger partial charge is 0.167 e. The Morgan fingerprint density at radius 2 is 2.10 bits per heavy atom. The normalized spacial score (nSPS) is 20.0. The molecule has 1 aromatic carbocycles. The van der Waals surface area contributed by atoms with Crippen LogP contribution in [0.4, 0.5) is 15.8 Å². The van der Waals surface area contributed by atoms with Crippen molar-refractivity contribution in [2.45, 2.75) is 45.6 Å². The molecule has 20 heavy (non-hydrogen) atoms. The Kier molecular flexibility index (Phi) is 3.27. The van der Waals surface area contributed by atoms with E-state index in [1.54, 1.807) is 6.07 Å². The lowest BCUT2D eigenvalue weighted by Gasteiger charge is -2.19. The van der Waals surface area contributed by atoms with Crippen LogP contribution in [0.15, 0.2) is 12.1 Å². The summed E-state index contributed by atoms with van der Waals surface area (Å²) >= 11 is 0. The second kappa shape index (κ2) is 4.83. The molecule has 3 N–H and O–H groups in total. The van der Waals surface area contributed by atoms with Gasteiger partial charge in [0.2, 0.25) is 0 Å². The lowest BCUT2D eigenvalue weighted by atomic mass is 10.0. The van der Waals surface area contributed by atoms with E-state index in [2.05, 4.69) is 5.32 Å². The van der Waals surface area contributed by atoms with Crippen LogP contribution in [0.5, 0.6) is 5.75 Å². The maximum absolute atomic E-state index is 13.8. The lowest BCUT2D eigenvalue weighted by Crippen LogP contribution is -2.18. The summed E-state index contributed by atoms with van der Waals surface area (Å²) < 4.78 is 19.3. The summed E-state index contributed by atoms with van der Waals surface area (Å²) in [6.07, 6.45) is 5.29. The van der Waals surface area contributed by atoms with Crippen molar-refractivity contribution >= 4 is 11.4 Å². The minimum Gasteiger partial charge on any atom is -0.488 e. The predicted molar refractivity (Wildman–Crippen MR) is 79.5 cm³/mol. The van der Waals surface area contributed by atoms with Crippen molar-refractivity contribution < 1.29 is 9.13 Å². The van der Waals surface area contributed by atoms with E-state index in [0.717, 1.165) is 18.2 Å². The van der Waals surface area contributed by atoms with Crippen LogP contribution in [-0.2, 0) is 0 Å². The van der Waals surface area contributed by atoms with Crippen LogP contribution in [0.25, 0.3) is 0 Å². The molecule has 2 aliphatic carbocycles. The molecule has 0 saturated heterocycles. The van der Waals surface area contributed by atoms with Gasteiger partial charge >= 0.3 is 0 Å². The molecule has 3 nitrogen and oxygen atoms in total. The van der Waals surface area contributed by atoms with Crippen molar-refractivity contribution in [3.8, 4) is 5.75 Å². The van der Waals surface area contributed by atoms with Crippen LogP contribution in [0.3, 0.4) is 0 Å². The summed E-state index contributed by atoms with van der Waals surface area (Å²) in [5, 5.41) is 3.41. The fourth-order valence-corrected chi connectivity index (χ4v) is 2.92. The van der Waals surface area contributed by atoms with Crippen molar-refractivity contribution in [2.24, 2.45) is 11.3 Å². The molecule has 0 unspecified atom stereocenters. The molecule has 0 amide bonds. The van der Waals surface area contributed by atoms with Gasteiger partial charge in [0.15, 0.2) is 11.6 Å². The van der Waals surface area contributed by atoms with Crippen LogP contribution < -0.4 is 15.8 Å². The van der Waals surface area contributed by atoms with E-state index in [1.807, 2.05) is 13.8 Å². The Morgan fingerprint density at radius 3 is 2.65 bits per heavy atom. The Balaban J connectivity index is 1.71. The third-order valence-corrected chi connectivity index (χ3v) is 4.43. The topological polar surface area (TPSA) is 47.3 Å². The highest BCUT2D eigenvalue weighted by Gasteiger charge is 2.53. The Bertz CT molecular complexity index is 507. The molecule has 2 aliphatic rings. The van der Waals surface area contributed by atoms with Crippen molar-refractivity contribution in [3.05, 3.63) is 17.9 Å². The fourth-order valence-electron chi connectivity index (χ4n) is 2.92. The molecule has 1 aromatic rings. The maximum atomic E-state index is 13.8. The van der Waals surface area contributed by atoms with Gasteiger partial charge in [0, 0.05) is 18.7 Å². The van der Waals surface area contributed by atoms with Gasteiger partial charge in [-0.15, -0.1) is 0 Å². The summed E-state index contributed by atoms with van der Waals surface area (Å²) in [5.74, 6) is 0.765. The molecule has 0 aliphatic heterocycles. The molecule has 110 valence electrons. The molecule has 0 bridgehead atoms. The second-order valence-electron chi connectivity index (χ2n) is 6.53. The van der Waals surface area contributed by atoms with E-state index in [0.29, 0.717) is 11.1 Å². The largest absolute Gasteiger partial charge is 0.488 e. The van der Waals surface area contributed by atoms with Crippen LogP contribution >= 0.6 is 0 Å². The van der Waals surface area contributed by atoms with Crippen LogP contribution in [0.1, 0.15) is 39.5 Å². The fraction of sp³-hybridized carbons (Fsp3) is 0.625. The second-order valence-corrected chi connectivity index (χ2v) is 6.53. The zero-order valence-corrected chi connectivity index (χ0v) is 12.2. The van der Waals surface area contributed by atoms with Gasteiger partial charge in [-0.3, -0.25) is 0 Å². The van der Waals surface area contributed by atoms with Crippen molar-refractivity contribution in [3.63, 3.8) is 0 Å². The van der Waals surface area contributed by atoms with E-state index in [9.17, 15) is 4.39 Å². The predicted octanol–water partition coefficient (Wildman–Crippen LogP) is 3.80. The molecule has 3 rings (SSSR count).